The zero-order chi connectivity index (χ0) is 26.1. The van der Waals surface area contributed by atoms with Crippen molar-refractivity contribution in [2.75, 3.05) is 0 Å². The SMILES string of the molecule is CC[C@H](C)NC(=O)[C@@H](Cc1ccccc1)N(Cc1ccccc1C)C(=O)Cc1ccccc1[N+](=O)[O-]. The van der Waals surface area contributed by atoms with E-state index in [1.807, 2.05) is 75.4 Å². The average molecular weight is 488 g/mol. The molecule has 2 amide bonds. The summed E-state index contributed by atoms with van der Waals surface area (Å²) in [5, 5.41) is 14.6. The first-order valence-electron chi connectivity index (χ1n) is 12.2. The van der Waals surface area contributed by atoms with Crippen molar-refractivity contribution in [3.63, 3.8) is 0 Å². The molecule has 3 rings (SSSR count). The number of carbonyl (C=O) groups excluding carboxylic acids is 2. The first-order valence-corrected chi connectivity index (χ1v) is 12.2. The van der Waals surface area contributed by atoms with Gasteiger partial charge < -0.3 is 10.2 Å². The summed E-state index contributed by atoms with van der Waals surface area (Å²) in [7, 11) is 0. The minimum atomic E-state index is -0.781. The third-order valence-electron chi connectivity index (χ3n) is 6.40. The standard InChI is InChI=1S/C29H33N3O4/c1-4-22(3)30-29(34)27(18-23-13-6-5-7-14-23)31(20-25-16-9-8-12-21(25)2)28(33)19-24-15-10-11-17-26(24)32(35)36/h5-17,22,27H,4,18-20H2,1-3H3,(H,30,34)/t22-,27+/m0/s1. The lowest BCUT2D eigenvalue weighted by Gasteiger charge is -2.32. The van der Waals surface area contributed by atoms with Crippen molar-refractivity contribution in [1.29, 1.82) is 0 Å². The quantitative estimate of drug-likeness (QED) is 0.304. The highest BCUT2D eigenvalue weighted by Gasteiger charge is 2.32. The highest BCUT2D eigenvalue weighted by atomic mass is 16.6. The Bertz CT molecular complexity index is 1200. The minimum absolute atomic E-state index is 0.0543. The Balaban J connectivity index is 2.03. The molecule has 0 aliphatic carbocycles. The van der Waals surface area contributed by atoms with Gasteiger partial charge in [-0.1, -0.05) is 79.7 Å². The molecule has 188 valence electrons. The number of nitro groups is 1. The first kappa shape index (κ1) is 26.6. The van der Waals surface area contributed by atoms with Crippen molar-refractivity contribution in [2.45, 2.75) is 58.7 Å². The van der Waals surface area contributed by atoms with E-state index in [0.29, 0.717) is 12.0 Å². The largest absolute Gasteiger partial charge is 0.352 e. The predicted octanol–water partition coefficient (Wildman–Crippen LogP) is 5.00. The molecule has 0 heterocycles. The number of nitrogens with zero attached hydrogens (tertiary/aromatic N) is 2. The Morgan fingerprint density at radius 3 is 2.19 bits per heavy atom. The summed E-state index contributed by atoms with van der Waals surface area (Å²) in [4.78, 5) is 40.0. The lowest BCUT2D eigenvalue weighted by molar-refractivity contribution is -0.385. The molecule has 0 saturated carbocycles. The van der Waals surface area contributed by atoms with Crippen LogP contribution in [0.2, 0.25) is 0 Å². The summed E-state index contributed by atoms with van der Waals surface area (Å²) in [5.74, 6) is -0.578. The van der Waals surface area contributed by atoms with Gasteiger partial charge in [0.1, 0.15) is 6.04 Å². The van der Waals surface area contributed by atoms with Gasteiger partial charge in [-0.25, -0.2) is 0 Å². The van der Waals surface area contributed by atoms with E-state index in [1.165, 1.54) is 6.07 Å². The number of para-hydroxylation sites is 1. The van der Waals surface area contributed by atoms with Gasteiger partial charge in [0, 0.05) is 30.6 Å². The third kappa shape index (κ3) is 7.01. The Labute approximate surface area is 212 Å². The second kappa shape index (κ2) is 12.6. The molecule has 0 radical (unpaired) electrons. The molecule has 3 aromatic carbocycles. The molecule has 0 fully saturated rings. The van der Waals surface area contributed by atoms with E-state index in [2.05, 4.69) is 5.32 Å². The molecule has 7 nitrogen and oxygen atoms in total. The molecule has 0 aliphatic rings. The molecular formula is C29H33N3O4. The molecule has 3 aromatic rings. The number of hydrogen-bond donors (Lipinski definition) is 1. The van der Waals surface area contributed by atoms with Crippen LogP contribution in [-0.4, -0.2) is 33.7 Å². The minimum Gasteiger partial charge on any atom is -0.352 e. The van der Waals surface area contributed by atoms with Gasteiger partial charge in [0.25, 0.3) is 5.69 Å². The molecule has 0 aromatic heterocycles. The fourth-order valence-corrected chi connectivity index (χ4v) is 4.07. The fraction of sp³-hybridized carbons (Fsp3) is 0.310. The highest BCUT2D eigenvalue weighted by Crippen LogP contribution is 2.22. The van der Waals surface area contributed by atoms with Crippen LogP contribution in [0.15, 0.2) is 78.9 Å². The van der Waals surface area contributed by atoms with Crippen molar-refractivity contribution in [2.24, 2.45) is 0 Å². The zero-order valence-corrected chi connectivity index (χ0v) is 21.0. The smallest absolute Gasteiger partial charge is 0.273 e. The second-order valence-corrected chi connectivity index (χ2v) is 9.03. The zero-order valence-electron chi connectivity index (χ0n) is 21.0. The van der Waals surface area contributed by atoms with Crippen molar-refractivity contribution >= 4 is 17.5 Å². The number of rotatable bonds is 11. The van der Waals surface area contributed by atoms with Gasteiger partial charge in [0.05, 0.1) is 11.3 Å². The van der Waals surface area contributed by atoms with Gasteiger partial charge in [-0.2, -0.15) is 0 Å². The van der Waals surface area contributed by atoms with Gasteiger partial charge in [-0.3, -0.25) is 19.7 Å². The van der Waals surface area contributed by atoms with E-state index in [-0.39, 0.29) is 36.5 Å². The molecule has 1 N–H and O–H groups in total. The molecule has 0 saturated heterocycles. The molecule has 0 spiro atoms. The van der Waals surface area contributed by atoms with Crippen LogP contribution in [0.4, 0.5) is 5.69 Å². The maximum absolute atomic E-state index is 13.8. The highest BCUT2D eigenvalue weighted by molar-refractivity contribution is 5.89. The van der Waals surface area contributed by atoms with Crippen molar-refractivity contribution in [1.82, 2.24) is 10.2 Å². The summed E-state index contributed by atoms with van der Waals surface area (Å²) in [6.45, 7) is 6.10. The number of hydrogen-bond acceptors (Lipinski definition) is 4. The molecule has 0 bridgehead atoms. The Morgan fingerprint density at radius 2 is 1.56 bits per heavy atom. The normalized spacial score (nSPS) is 12.4. The van der Waals surface area contributed by atoms with E-state index in [0.717, 1.165) is 23.1 Å². The van der Waals surface area contributed by atoms with E-state index >= 15 is 0 Å². The van der Waals surface area contributed by atoms with Crippen LogP contribution in [0.1, 0.15) is 42.5 Å². The van der Waals surface area contributed by atoms with Crippen LogP contribution >= 0.6 is 0 Å². The van der Waals surface area contributed by atoms with E-state index in [9.17, 15) is 19.7 Å². The lowest BCUT2D eigenvalue weighted by atomic mass is 10.00. The summed E-state index contributed by atoms with van der Waals surface area (Å²) in [6, 6.07) is 22.7. The number of nitro benzene ring substituents is 1. The average Bonchev–Trinajstić information content (AvgIpc) is 2.87. The predicted molar refractivity (Wildman–Crippen MR) is 140 cm³/mol. The number of aryl methyl sites for hydroxylation is 1. The van der Waals surface area contributed by atoms with Crippen molar-refractivity contribution in [3.8, 4) is 0 Å². The van der Waals surface area contributed by atoms with Crippen LogP contribution < -0.4 is 5.32 Å². The van der Waals surface area contributed by atoms with Crippen LogP contribution in [0.5, 0.6) is 0 Å². The van der Waals surface area contributed by atoms with Crippen molar-refractivity contribution in [3.05, 3.63) is 111 Å². The monoisotopic (exact) mass is 487 g/mol. The first-order chi connectivity index (χ1) is 17.3. The Hall–Kier alpha value is -4.00. The molecule has 0 unspecified atom stereocenters. The van der Waals surface area contributed by atoms with Crippen LogP contribution in [0.25, 0.3) is 0 Å². The number of nitrogens with one attached hydrogen (secondary N) is 1. The maximum atomic E-state index is 13.8. The summed E-state index contributed by atoms with van der Waals surface area (Å²) in [6.07, 6.45) is 0.911. The number of amides is 2. The van der Waals surface area contributed by atoms with Crippen LogP contribution in [-0.2, 0) is 29.0 Å². The van der Waals surface area contributed by atoms with E-state index in [1.54, 1.807) is 23.1 Å². The maximum Gasteiger partial charge on any atom is 0.273 e. The number of carbonyl (C=O) groups is 2. The van der Waals surface area contributed by atoms with Gasteiger partial charge in [-0.05, 0) is 37.0 Å². The van der Waals surface area contributed by atoms with Gasteiger partial charge in [-0.15, -0.1) is 0 Å². The summed E-state index contributed by atoms with van der Waals surface area (Å²) < 4.78 is 0. The Kier molecular flexibility index (Phi) is 9.33. The molecule has 0 aliphatic heterocycles. The van der Waals surface area contributed by atoms with Gasteiger partial charge in [0.15, 0.2) is 0 Å². The van der Waals surface area contributed by atoms with Crippen molar-refractivity contribution < 1.29 is 14.5 Å². The van der Waals surface area contributed by atoms with Gasteiger partial charge in [0.2, 0.25) is 11.8 Å². The van der Waals surface area contributed by atoms with Gasteiger partial charge >= 0.3 is 0 Å². The molecule has 7 heteroatoms. The molecular weight excluding hydrogens is 454 g/mol. The fourth-order valence-electron chi connectivity index (χ4n) is 4.07. The second-order valence-electron chi connectivity index (χ2n) is 9.03. The summed E-state index contributed by atoms with van der Waals surface area (Å²) in [5.41, 5.74) is 3.06. The lowest BCUT2D eigenvalue weighted by Crippen LogP contribution is -2.52. The molecule has 36 heavy (non-hydrogen) atoms. The van der Waals surface area contributed by atoms with E-state index < -0.39 is 11.0 Å². The molecule has 2 atom stereocenters. The number of benzene rings is 3. The van der Waals surface area contributed by atoms with E-state index in [4.69, 9.17) is 0 Å². The van der Waals surface area contributed by atoms with Crippen LogP contribution in [0.3, 0.4) is 0 Å². The van der Waals surface area contributed by atoms with Crippen LogP contribution in [0, 0.1) is 17.0 Å². The Morgan fingerprint density at radius 1 is 0.944 bits per heavy atom. The topological polar surface area (TPSA) is 92.6 Å². The summed E-state index contributed by atoms with van der Waals surface area (Å²) >= 11 is 0. The third-order valence-corrected chi connectivity index (χ3v) is 6.40.